The molecule has 0 saturated carbocycles. The molecule has 1 aromatic rings. The van der Waals surface area contributed by atoms with Crippen LogP contribution < -0.4 is 10.5 Å². The van der Waals surface area contributed by atoms with Gasteiger partial charge in [-0.25, -0.2) is 0 Å². The summed E-state index contributed by atoms with van der Waals surface area (Å²) < 4.78 is 4.95. The quantitative estimate of drug-likeness (QED) is 0.637. The molecule has 4 aliphatic rings. The molecule has 0 unspecified atom stereocenters. The van der Waals surface area contributed by atoms with Gasteiger partial charge in [0.15, 0.2) is 0 Å². The van der Waals surface area contributed by atoms with Crippen molar-refractivity contribution in [2.24, 2.45) is 5.73 Å². The largest absolute Gasteiger partial charge is 0.429 e. The van der Waals surface area contributed by atoms with Crippen molar-refractivity contribution in [2.75, 3.05) is 19.6 Å². The molecule has 9 heteroatoms. The van der Waals surface area contributed by atoms with Gasteiger partial charge in [-0.2, -0.15) is 5.26 Å². The van der Waals surface area contributed by atoms with Gasteiger partial charge < -0.3 is 20.3 Å². The van der Waals surface area contributed by atoms with Crippen LogP contribution in [-0.4, -0.2) is 76.8 Å². The Labute approximate surface area is 186 Å². The molecule has 0 aromatic heterocycles. The zero-order valence-corrected chi connectivity index (χ0v) is 17.9. The second-order valence-electron chi connectivity index (χ2n) is 9.16. The third kappa shape index (κ3) is 3.34. The number of nitrogens with zero attached hydrogens (tertiary/aromatic N) is 4. The Balaban J connectivity index is 1.24. The summed E-state index contributed by atoms with van der Waals surface area (Å²) in [4.78, 5) is 42.3. The number of carbonyl (C=O) groups is 3. The zero-order valence-electron chi connectivity index (χ0n) is 17.9. The smallest absolute Gasteiger partial charge is 0.298 e. The molecule has 5 atom stereocenters. The summed E-state index contributed by atoms with van der Waals surface area (Å²) in [5.41, 5.74) is 8.47. The van der Waals surface area contributed by atoms with Crippen molar-refractivity contribution in [1.82, 2.24) is 14.7 Å². The van der Waals surface area contributed by atoms with Crippen molar-refractivity contribution in [3.8, 4) is 11.8 Å². The molecule has 5 rings (SSSR count). The van der Waals surface area contributed by atoms with Crippen LogP contribution >= 0.6 is 0 Å². The van der Waals surface area contributed by atoms with Crippen LogP contribution in [0.4, 0.5) is 0 Å². The maximum absolute atomic E-state index is 13.3. The summed E-state index contributed by atoms with van der Waals surface area (Å²) >= 11 is 0. The summed E-state index contributed by atoms with van der Waals surface area (Å²) in [5, 5.41) is 9.25. The average Bonchev–Trinajstić information content (AvgIpc) is 3.56. The third-order valence-electron chi connectivity index (χ3n) is 7.43. The first-order valence-corrected chi connectivity index (χ1v) is 11.3. The van der Waals surface area contributed by atoms with E-state index in [0.717, 1.165) is 36.8 Å². The van der Waals surface area contributed by atoms with Crippen LogP contribution in [0.2, 0.25) is 0 Å². The highest BCUT2D eigenvalue weighted by molar-refractivity contribution is 5.87. The highest BCUT2D eigenvalue weighted by Crippen LogP contribution is 2.44. The molecule has 2 amide bonds. The number of aryl methyl sites for hydroxylation is 1. The Morgan fingerprint density at radius 2 is 2.19 bits per heavy atom. The van der Waals surface area contributed by atoms with Crippen LogP contribution in [0.25, 0.3) is 0 Å². The molecule has 3 heterocycles. The molecule has 0 spiro atoms. The first kappa shape index (κ1) is 20.9. The minimum absolute atomic E-state index is 0.0382. The van der Waals surface area contributed by atoms with E-state index in [1.807, 2.05) is 21.9 Å². The van der Waals surface area contributed by atoms with Gasteiger partial charge in [0.1, 0.15) is 11.8 Å². The monoisotopic (exact) mass is 437 g/mol. The second-order valence-corrected chi connectivity index (χ2v) is 9.16. The highest BCUT2D eigenvalue weighted by atomic mass is 16.5. The maximum Gasteiger partial charge on any atom is 0.298 e. The number of nitriles is 1. The predicted octanol–water partition coefficient (Wildman–Crippen LogP) is 0.336. The van der Waals surface area contributed by atoms with Crippen molar-refractivity contribution >= 4 is 18.3 Å². The van der Waals surface area contributed by atoms with E-state index in [-0.39, 0.29) is 36.0 Å². The molecule has 3 fully saturated rings. The molecular weight excluding hydrogens is 410 g/mol. The number of ether oxygens (including phenoxy) is 1. The van der Waals surface area contributed by atoms with Crippen LogP contribution in [0.1, 0.15) is 42.9 Å². The molecule has 1 aliphatic carbocycles. The zero-order chi connectivity index (χ0) is 22.4. The number of benzene rings is 1. The molecular formula is C23H27N5O4. The summed E-state index contributed by atoms with van der Waals surface area (Å²) in [7, 11) is 0. The summed E-state index contributed by atoms with van der Waals surface area (Å²) in [5.74, 6) is 0.428. The summed E-state index contributed by atoms with van der Waals surface area (Å²) in [6, 6.07) is 6.58. The molecule has 3 aliphatic heterocycles. The minimum Gasteiger partial charge on any atom is -0.429 e. The van der Waals surface area contributed by atoms with Crippen molar-refractivity contribution in [3.63, 3.8) is 0 Å². The van der Waals surface area contributed by atoms with Crippen molar-refractivity contribution in [3.05, 3.63) is 29.3 Å². The van der Waals surface area contributed by atoms with Gasteiger partial charge in [0.25, 0.3) is 6.47 Å². The average molecular weight is 438 g/mol. The van der Waals surface area contributed by atoms with Gasteiger partial charge in [-0.05, 0) is 55.4 Å². The number of hydrogen-bond acceptors (Lipinski definition) is 7. The van der Waals surface area contributed by atoms with Crippen LogP contribution in [0.3, 0.4) is 0 Å². The van der Waals surface area contributed by atoms with E-state index in [9.17, 15) is 19.6 Å². The van der Waals surface area contributed by atoms with Crippen LogP contribution in [0, 0.1) is 11.3 Å². The Bertz CT molecular complexity index is 991. The number of carbonyl (C=O) groups excluding carboxylic acids is 3. The van der Waals surface area contributed by atoms with Crippen molar-refractivity contribution in [1.29, 1.82) is 5.26 Å². The lowest BCUT2D eigenvalue weighted by atomic mass is 10.0. The van der Waals surface area contributed by atoms with E-state index < -0.39 is 6.04 Å². The van der Waals surface area contributed by atoms with Gasteiger partial charge in [-0.15, -0.1) is 0 Å². The van der Waals surface area contributed by atoms with Gasteiger partial charge >= 0.3 is 0 Å². The molecule has 9 nitrogen and oxygen atoms in total. The lowest BCUT2D eigenvalue weighted by Crippen LogP contribution is -2.56. The molecule has 2 bridgehead atoms. The van der Waals surface area contributed by atoms with E-state index >= 15 is 0 Å². The fourth-order valence-electron chi connectivity index (χ4n) is 6.00. The first-order chi connectivity index (χ1) is 15.5. The van der Waals surface area contributed by atoms with Gasteiger partial charge in [0.2, 0.25) is 11.8 Å². The highest BCUT2D eigenvalue weighted by Gasteiger charge is 2.53. The number of likely N-dealkylation sites (tertiary alicyclic amines) is 3. The second kappa shape index (κ2) is 8.19. The number of rotatable bonds is 6. The van der Waals surface area contributed by atoms with Crippen molar-refractivity contribution < 1.29 is 19.1 Å². The van der Waals surface area contributed by atoms with Crippen molar-refractivity contribution in [2.45, 2.75) is 62.3 Å². The Hall–Kier alpha value is -2.96. The lowest BCUT2D eigenvalue weighted by molar-refractivity contribution is -0.141. The number of hydrogen-bond donors (Lipinski definition) is 1. The Kier molecular flexibility index (Phi) is 5.35. The topological polar surface area (TPSA) is 120 Å². The fourth-order valence-corrected chi connectivity index (χ4v) is 6.00. The predicted molar refractivity (Wildman–Crippen MR) is 113 cm³/mol. The Morgan fingerprint density at radius 1 is 1.34 bits per heavy atom. The van der Waals surface area contributed by atoms with Crippen LogP contribution in [-0.2, 0) is 20.8 Å². The normalized spacial score (nSPS) is 29.8. The van der Waals surface area contributed by atoms with E-state index in [0.29, 0.717) is 38.3 Å². The SMILES string of the molecule is N#C[C@@H]1CCCN1C(=O)[C@@H](N)CN1C[C@@H]2C[C@H]1C(=O)N2[C@H]1CCc2cc(OC=O)ccc21. The molecule has 32 heavy (non-hydrogen) atoms. The Morgan fingerprint density at radius 3 is 2.94 bits per heavy atom. The third-order valence-corrected chi connectivity index (χ3v) is 7.43. The van der Waals surface area contributed by atoms with Gasteiger partial charge in [-0.3, -0.25) is 19.3 Å². The molecule has 3 saturated heterocycles. The first-order valence-electron chi connectivity index (χ1n) is 11.3. The van der Waals surface area contributed by atoms with Crippen LogP contribution in [0.15, 0.2) is 18.2 Å². The van der Waals surface area contributed by atoms with Gasteiger partial charge in [0, 0.05) is 25.7 Å². The van der Waals surface area contributed by atoms with Gasteiger partial charge in [-0.1, -0.05) is 6.07 Å². The maximum atomic E-state index is 13.3. The van der Waals surface area contributed by atoms with E-state index in [1.165, 1.54) is 0 Å². The minimum atomic E-state index is -0.729. The number of amides is 2. The standard InChI is InChI=1S/C23H27N5O4/c24-10-15-2-1-7-27(15)22(30)19(25)12-26-11-16-9-21(26)23(31)28(16)20-6-3-14-8-17(32-13-29)4-5-18(14)20/h4-5,8,13,15-16,19-21H,1-3,6-7,9,11-12,25H2/t15-,16-,19-,20-,21-/m0/s1. The molecule has 0 radical (unpaired) electrons. The number of nitrogens with two attached hydrogens (primary N) is 1. The van der Waals surface area contributed by atoms with E-state index in [1.54, 1.807) is 11.0 Å². The van der Waals surface area contributed by atoms with E-state index in [4.69, 9.17) is 10.5 Å². The fraction of sp³-hybridized carbons (Fsp3) is 0.565. The summed E-state index contributed by atoms with van der Waals surface area (Å²) in [6.45, 7) is 2.04. The number of fused-ring (bicyclic) bond motifs is 3. The molecule has 2 N–H and O–H groups in total. The van der Waals surface area contributed by atoms with Gasteiger partial charge in [0.05, 0.1) is 24.2 Å². The summed E-state index contributed by atoms with van der Waals surface area (Å²) in [6.07, 6.45) is 3.97. The lowest BCUT2D eigenvalue weighted by Gasteiger charge is -2.38. The number of piperazine rings is 1. The molecule has 1 aromatic carbocycles. The van der Waals surface area contributed by atoms with Crippen LogP contribution in [0.5, 0.6) is 5.75 Å². The molecule has 168 valence electrons. The van der Waals surface area contributed by atoms with E-state index in [2.05, 4.69) is 6.07 Å².